The van der Waals surface area contributed by atoms with E-state index in [1.807, 2.05) is 34.2 Å². The van der Waals surface area contributed by atoms with Gasteiger partial charge in [-0.2, -0.15) is 0 Å². The maximum atomic E-state index is 13.4. The van der Waals surface area contributed by atoms with Gasteiger partial charge in [0.15, 0.2) is 4.96 Å². The molecule has 1 saturated heterocycles. The summed E-state index contributed by atoms with van der Waals surface area (Å²) in [5.41, 5.74) is 2.79. The van der Waals surface area contributed by atoms with Gasteiger partial charge in [-0.1, -0.05) is 43.2 Å². The highest BCUT2D eigenvalue weighted by Crippen LogP contribution is 2.36. The quantitative estimate of drug-likeness (QED) is 0.650. The summed E-state index contributed by atoms with van der Waals surface area (Å²) in [6.07, 6.45) is 9.48. The molecule has 1 saturated carbocycles. The fourth-order valence-electron chi connectivity index (χ4n) is 4.71. The number of thiazole rings is 1. The Bertz CT molecular complexity index is 927. The third-order valence-corrected chi connectivity index (χ3v) is 6.84. The number of nitrogens with zero attached hydrogens (tertiary/aromatic N) is 3. The molecule has 1 aromatic carbocycles. The summed E-state index contributed by atoms with van der Waals surface area (Å²) in [7, 11) is 0. The summed E-state index contributed by atoms with van der Waals surface area (Å²) in [6, 6.07) is 10.6. The lowest BCUT2D eigenvalue weighted by Crippen LogP contribution is -2.49. The first-order valence-corrected chi connectivity index (χ1v) is 10.5. The zero-order valence-corrected chi connectivity index (χ0v) is 15.6. The number of aromatic nitrogens is 2. The third-order valence-electron chi connectivity index (χ3n) is 6.00. The van der Waals surface area contributed by atoms with Gasteiger partial charge in [0.1, 0.15) is 5.69 Å². The molecule has 0 N–H and O–H groups in total. The van der Waals surface area contributed by atoms with Gasteiger partial charge < -0.3 is 4.90 Å². The van der Waals surface area contributed by atoms with Crippen LogP contribution in [0, 0.1) is 5.92 Å². The van der Waals surface area contributed by atoms with E-state index < -0.39 is 0 Å². The number of piperidine rings is 1. The van der Waals surface area contributed by atoms with Crippen LogP contribution in [0.2, 0.25) is 0 Å². The standard InChI is InChI=1S/C21H23N3OS/c25-20(23-12-6-10-16-9-4-5-11-18(16)23)19-14-26-21-22-17(13-24(19)21)15-7-2-1-3-8-15/h1-3,7-8,13-14,16,18H,4-6,9-12H2. The maximum Gasteiger partial charge on any atom is 0.272 e. The van der Waals surface area contributed by atoms with Crippen LogP contribution in [0.4, 0.5) is 0 Å². The first-order valence-electron chi connectivity index (χ1n) is 9.64. The molecule has 1 amide bonds. The molecule has 5 rings (SSSR count). The van der Waals surface area contributed by atoms with E-state index in [2.05, 4.69) is 17.0 Å². The van der Waals surface area contributed by atoms with Gasteiger partial charge in [-0.15, -0.1) is 11.3 Å². The second kappa shape index (κ2) is 6.54. The predicted molar refractivity (Wildman–Crippen MR) is 105 cm³/mol. The van der Waals surface area contributed by atoms with Gasteiger partial charge in [-0.05, 0) is 31.6 Å². The lowest BCUT2D eigenvalue weighted by molar-refractivity contribution is 0.0384. The SMILES string of the molecule is O=C(c1csc2nc(-c3ccccc3)cn12)N1CCCC2CCCCC21. The first kappa shape index (κ1) is 16.1. The number of hydrogen-bond acceptors (Lipinski definition) is 3. The van der Waals surface area contributed by atoms with Crippen LogP contribution in [0.3, 0.4) is 0 Å². The molecular weight excluding hydrogens is 342 g/mol. The van der Waals surface area contributed by atoms with E-state index in [0.29, 0.717) is 12.0 Å². The fourth-order valence-corrected chi connectivity index (χ4v) is 5.56. The van der Waals surface area contributed by atoms with E-state index in [1.54, 1.807) is 11.3 Å². The number of hydrogen-bond donors (Lipinski definition) is 0. The molecule has 4 nitrogen and oxygen atoms in total. The smallest absolute Gasteiger partial charge is 0.272 e. The normalized spacial score (nSPS) is 23.2. The Hall–Kier alpha value is -2.14. The van der Waals surface area contributed by atoms with Crippen molar-refractivity contribution in [3.8, 4) is 11.3 Å². The van der Waals surface area contributed by atoms with E-state index in [1.165, 1.54) is 32.1 Å². The average molecular weight is 366 g/mol. The fraction of sp³-hybridized carbons (Fsp3) is 0.429. The molecule has 134 valence electrons. The van der Waals surface area contributed by atoms with Gasteiger partial charge in [-0.3, -0.25) is 9.20 Å². The second-order valence-electron chi connectivity index (χ2n) is 7.52. The topological polar surface area (TPSA) is 37.6 Å². The lowest BCUT2D eigenvalue weighted by Gasteiger charge is -2.44. The van der Waals surface area contributed by atoms with Gasteiger partial charge >= 0.3 is 0 Å². The van der Waals surface area contributed by atoms with Gasteiger partial charge in [0.05, 0.1) is 5.69 Å². The Kier molecular flexibility index (Phi) is 4.04. The van der Waals surface area contributed by atoms with Crippen LogP contribution in [0.15, 0.2) is 41.9 Å². The van der Waals surface area contributed by atoms with Crippen molar-refractivity contribution in [2.24, 2.45) is 5.92 Å². The highest BCUT2D eigenvalue weighted by atomic mass is 32.1. The molecule has 26 heavy (non-hydrogen) atoms. The lowest BCUT2D eigenvalue weighted by atomic mass is 9.78. The molecule has 2 aromatic heterocycles. The van der Waals surface area contributed by atoms with Gasteiger partial charge in [0.25, 0.3) is 5.91 Å². The third kappa shape index (κ3) is 2.65. The molecule has 0 bridgehead atoms. The van der Waals surface area contributed by atoms with Crippen molar-refractivity contribution in [3.05, 3.63) is 47.6 Å². The van der Waals surface area contributed by atoms with Crippen LogP contribution >= 0.6 is 11.3 Å². The van der Waals surface area contributed by atoms with Crippen molar-refractivity contribution in [1.82, 2.24) is 14.3 Å². The van der Waals surface area contributed by atoms with Crippen LogP contribution in [0.5, 0.6) is 0 Å². The van der Waals surface area contributed by atoms with E-state index >= 15 is 0 Å². The minimum Gasteiger partial charge on any atom is -0.334 e. The summed E-state index contributed by atoms with van der Waals surface area (Å²) in [5, 5.41) is 1.98. The monoisotopic (exact) mass is 365 g/mol. The number of fused-ring (bicyclic) bond motifs is 2. The molecule has 3 heterocycles. The average Bonchev–Trinajstić information content (AvgIpc) is 3.28. The van der Waals surface area contributed by atoms with E-state index in [0.717, 1.165) is 34.9 Å². The number of imidazole rings is 1. The zero-order valence-electron chi connectivity index (χ0n) is 14.8. The molecule has 3 aromatic rings. The van der Waals surface area contributed by atoms with Crippen LogP contribution in [-0.2, 0) is 0 Å². The Morgan fingerprint density at radius 1 is 1.08 bits per heavy atom. The predicted octanol–water partition coefficient (Wildman–Crippen LogP) is 4.86. The summed E-state index contributed by atoms with van der Waals surface area (Å²) >= 11 is 1.56. The maximum absolute atomic E-state index is 13.4. The molecule has 1 aliphatic carbocycles. The molecule has 2 fully saturated rings. The molecule has 1 aliphatic heterocycles. The summed E-state index contributed by atoms with van der Waals surface area (Å²) in [6.45, 7) is 0.900. The molecule has 0 radical (unpaired) electrons. The Morgan fingerprint density at radius 2 is 1.88 bits per heavy atom. The van der Waals surface area contributed by atoms with Crippen LogP contribution in [0.25, 0.3) is 16.2 Å². The van der Waals surface area contributed by atoms with Gasteiger partial charge in [0.2, 0.25) is 0 Å². The Balaban J connectivity index is 1.48. The van der Waals surface area contributed by atoms with Crippen molar-refractivity contribution in [2.75, 3.05) is 6.54 Å². The number of likely N-dealkylation sites (tertiary alicyclic amines) is 1. The Morgan fingerprint density at radius 3 is 2.77 bits per heavy atom. The van der Waals surface area contributed by atoms with Crippen molar-refractivity contribution in [2.45, 2.75) is 44.6 Å². The number of rotatable bonds is 2. The van der Waals surface area contributed by atoms with Crippen molar-refractivity contribution >= 4 is 22.2 Å². The van der Waals surface area contributed by atoms with E-state index in [9.17, 15) is 4.79 Å². The zero-order chi connectivity index (χ0) is 17.5. The van der Waals surface area contributed by atoms with Crippen LogP contribution in [-0.4, -0.2) is 32.8 Å². The van der Waals surface area contributed by atoms with Crippen LogP contribution < -0.4 is 0 Å². The molecule has 2 aliphatic rings. The summed E-state index contributed by atoms with van der Waals surface area (Å²) < 4.78 is 1.99. The van der Waals surface area contributed by atoms with Crippen molar-refractivity contribution in [1.29, 1.82) is 0 Å². The van der Waals surface area contributed by atoms with Gasteiger partial charge in [-0.25, -0.2) is 4.98 Å². The van der Waals surface area contributed by atoms with Crippen LogP contribution in [0.1, 0.15) is 49.0 Å². The second-order valence-corrected chi connectivity index (χ2v) is 8.35. The largest absolute Gasteiger partial charge is 0.334 e. The minimum atomic E-state index is 0.185. The summed E-state index contributed by atoms with van der Waals surface area (Å²) in [5.74, 6) is 0.892. The molecule has 0 spiro atoms. The highest BCUT2D eigenvalue weighted by Gasteiger charge is 2.36. The van der Waals surface area contributed by atoms with Gasteiger partial charge in [0, 0.05) is 29.7 Å². The van der Waals surface area contributed by atoms with E-state index in [-0.39, 0.29) is 5.91 Å². The molecule has 2 unspecified atom stereocenters. The summed E-state index contributed by atoms with van der Waals surface area (Å²) in [4.78, 5) is 21.1. The Labute approximate surface area is 157 Å². The number of amides is 1. The number of benzene rings is 1. The highest BCUT2D eigenvalue weighted by molar-refractivity contribution is 7.15. The molecular formula is C21H23N3OS. The van der Waals surface area contributed by atoms with Crippen molar-refractivity contribution in [3.63, 3.8) is 0 Å². The molecule has 2 atom stereocenters. The van der Waals surface area contributed by atoms with Crippen molar-refractivity contribution < 1.29 is 4.79 Å². The first-order chi connectivity index (χ1) is 12.8. The minimum absolute atomic E-state index is 0.185. The number of carbonyl (C=O) groups is 1. The van der Waals surface area contributed by atoms with E-state index in [4.69, 9.17) is 4.98 Å². The molecule has 5 heteroatoms. The number of carbonyl (C=O) groups excluding carboxylic acids is 1.